The molecule has 2 rings (SSSR count). The van der Waals surface area contributed by atoms with Crippen LogP contribution in [0.1, 0.15) is 5.56 Å². The fourth-order valence-electron chi connectivity index (χ4n) is 1.57. The summed E-state index contributed by atoms with van der Waals surface area (Å²) in [7, 11) is 0. The van der Waals surface area contributed by atoms with E-state index in [1.165, 1.54) is 23.2 Å². The molecular formula is C13H15N3O2. The van der Waals surface area contributed by atoms with E-state index in [2.05, 4.69) is 4.98 Å². The van der Waals surface area contributed by atoms with Gasteiger partial charge >= 0.3 is 0 Å². The zero-order chi connectivity index (χ0) is 12.8. The summed E-state index contributed by atoms with van der Waals surface area (Å²) in [5.74, 6) is 0.759. The van der Waals surface area contributed by atoms with Crippen molar-refractivity contribution in [3.63, 3.8) is 0 Å². The molecule has 2 aromatic rings. The molecule has 0 aliphatic heterocycles. The average Bonchev–Trinajstić information content (AvgIpc) is 2.41. The molecule has 18 heavy (non-hydrogen) atoms. The van der Waals surface area contributed by atoms with Crippen LogP contribution in [0.4, 0.5) is 0 Å². The zero-order valence-corrected chi connectivity index (χ0v) is 9.95. The lowest BCUT2D eigenvalue weighted by molar-refractivity contribution is 0.295. The highest BCUT2D eigenvalue weighted by Gasteiger charge is 1.97. The summed E-state index contributed by atoms with van der Waals surface area (Å²) in [5, 5.41) is 0. The SMILES string of the molecule is NCc1cccc(OCCn2cnccc2=O)c1. The molecule has 0 saturated carbocycles. The third-order valence-corrected chi connectivity index (χ3v) is 2.53. The van der Waals surface area contributed by atoms with E-state index in [0.717, 1.165) is 11.3 Å². The molecule has 1 aromatic carbocycles. The molecule has 0 unspecified atom stereocenters. The normalized spacial score (nSPS) is 10.3. The summed E-state index contributed by atoms with van der Waals surface area (Å²) in [6.07, 6.45) is 2.98. The Morgan fingerprint density at radius 2 is 2.22 bits per heavy atom. The minimum absolute atomic E-state index is 0.0793. The van der Waals surface area contributed by atoms with Crippen LogP contribution >= 0.6 is 0 Å². The Balaban J connectivity index is 1.92. The van der Waals surface area contributed by atoms with Crippen LogP contribution in [-0.2, 0) is 13.1 Å². The van der Waals surface area contributed by atoms with Crippen molar-refractivity contribution in [3.05, 3.63) is 58.8 Å². The van der Waals surface area contributed by atoms with Gasteiger partial charge in [0.15, 0.2) is 0 Å². The van der Waals surface area contributed by atoms with Crippen molar-refractivity contribution in [2.75, 3.05) is 6.61 Å². The molecule has 1 heterocycles. The van der Waals surface area contributed by atoms with Crippen molar-refractivity contribution < 1.29 is 4.74 Å². The number of rotatable bonds is 5. The lowest BCUT2D eigenvalue weighted by Gasteiger charge is -2.08. The van der Waals surface area contributed by atoms with Gasteiger partial charge in [0.2, 0.25) is 0 Å². The third kappa shape index (κ3) is 3.18. The number of hydrogen-bond acceptors (Lipinski definition) is 4. The van der Waals surface area contributed by atoms with E-state index in [1.807, 2.05) is 24.3 Å². The number of hydrogen-bond donors (Lipinski definition) is 1. The van der Waals surface area contributed by atoms with Gasteiger partial charge < -0.3 is 10.5 Å². The van der Waals surface area contributed by atoms with Crippen molar-refractivity contribution in [2.24, 2.45) is 5.73 Å². The quantitative estimate of drug-likeness (QED) is 0.845. The van der Waals surface area contributed by atoms with E-state index in [9.17, 15) is 4.79 Å². The van der Waals surface area contributed by atoms with Gasteiger partial charge in [0.1, 0.15) is 12.4 Å². The molecule has 5 heteroatoms. The number of nitrogens with two attached hydrogens (primary N) is 1. The van der Waals surface area contributed by atoms with Crippen molar-refractivity contribution in [1.29, 1.82) is 0 Å². The summed E-state index contributed by atoms with van der Waals surface area (Å²) >= 11 is 0. The van der Waals surface area contributed by atoms with E-state index >= 15 is 0 Å². The topological polar surface area (TPSA) is 70.1 Å². The monoisotopic (exact) mass is 245 g/mol. The van der Waals surface area contributed by atoms with Gasteiger partial charge in [-0.2, -0.15) is 0 Å². The molecular weight excluding hydrogens is 230 g/mol. The second kappa shape index (κ2) is 5.97. The first-order valence-corrected chi connectivity index (χ1v) is 5.72. The van der Waals surface area contributed by atoms with Crippen LogP contribution in [0.5, 0.6) is 5.75 Å². The first-order chi connectivity index (χ1) is 8.79. The highest BCUT2D eigenvalue weighted by Crippen LogP contribution is 2.12. The first-order valence-electron chi connectivity index (χ1n) is 5.72. The molecule has 0 aliphatic carbocycles. The van der Waals surface area contributed by atoms with E-state index in [0.29, 0.717) is 19.7 Å². The predicted octanol–water partition coefficient (Wildman–Crippen LogP) is 0.781. The maximum atomic E-state index is 11.4. The Hall–Kier alpha value is -2.14. The average molecular weight is 245 g/mol. The van der Waals surface area contributed by atoms with Crippen molar-refractivity contribution >= 4 is 0 Å². The standard InChI is InChI=1S/C13H15N3O2/c14-9-11-2-1-3-12(8-11)18-7-6-16-10-15-5-4-13(16)17/h1-5,8,10H,6-7,9,14H2. The molecule has 0 aliphatic rings. The van der Waals surface area contributed by atoms with Gasteiger partial charge in [-0.25, -0.2) is 4.98 Å². The molecule has 0 saturated heterocycles. The fourth-order valence-corrected chi connectivity index (χ4v) is 1.57. The van der Waals surface area contributed by atoms with Crippen LogP contribution in [0, 0.1) is 0 Å². The summed E-state index contributed by atoms with van der Waals surface area (Å²) < 4.78 is 7.07. The molecule has 1 aromatic heterocycles. The minimum Gasteiger partial charge on any atom is -0.492 e. The Kier molecular flexibility index (Phi) is 4.09. The largest absolute Gasteiger partial charge is 0.492 e. The number of benzene rings is 1. The van der Waals surface area contributed by atoms with Crippen LogP contribution < -0.4 is 16.0 Å². The Morgan fingerprint density at radius 3 is 3.00 bits per heavy atom. The summed E-state index contributed by atoms with van der Waals surface area (Å²) in [5.41, 5.74) is 6.49. The minimum atomic E-state index is -0.0793. The molecule has 0 fully saturated rings. The number of nitrogens with zero attached hydrogens (tertiary/aromatic N) is 2. The number of aromatic nitrogens is 2. The highest BCUT2D eigenvalue weighted by atomic mass is 16.5. The maximum Gasteiger partial charge on any atom is 0.253 e. The van der Waals surface area contributed by atoms with Crippen molar-refractivity contribution in [1.82, 2.24) is 9.55 Å². The van der Waals surface area contributed by atoms with Crippen LogP contribution in [0.3, 0.4) is 0 Å². The second-order valence-electron chi connectivity index (χ2n) is 3.81. The van der Waals surface area contributed by atoms with Gasteiger partial charge in [0.25, 0.3) is 5.56 Å². The van der Waals surface area contributed by atoms with Gasteiger partial charge in [-0.05, 0) is 17.7 Å². The molecule has 0 radical (unpaired) electrons. The van der Waals surface area contributed by atoms with Gasteiger partial charge in [-0.15, -0.1) is 0 Å². The first kappa shape index (κ1) is 12.3. The Labute approximate surface area is 105 Å². The molecule has 94 valence electrons. The summed E-state index contributed by atoms with van der Waals surface area (Å²) in [4.78, 5) is 15.3. The van der Waals surface area contributed by atoms with Crippen LogP contribution in [0.25, 0.3) is 0 Å². The lowest BCUT2D eigenvalue weighted by atomic mass is 10.2. The van der Waals surface area contributed by atoms with Gasteiger partial charge in [0.05, 0.1) is 12.9 Å². The predicted molar refractivity (Wildman–Crippen MR) is 68.3 cm³/mol. The Morgan fingerprint density at radius 1 is 1.33 bits per heavy atom. The van der Waals surface area contributed by atoms with Gasteiger partial charge in [-0.1, -0.05) is 12.1 Å². The molecule has 0 bridgehead atoms. The maximum absolute atomic E-state index is 11.4. The summed E-state index contributed by atoms with van der Waals surface area (Å²) in [6, 6.07) is 9.03. The molecule has 5 nitrogen and oxygen atoms in total. The summed E-state index contributed by atoms with van der Waals surface area (Å²) in [6.45, 7) is 1.37. The van der Waals surface area contributed by atoms with E-state index in [-0.39, 0.29) is 5.56 Å². The smallest absolute Gasteiger partial charge is 0.253 e. The van der Waals surface area contributed by atoms with Crippen LogP contribution in [-0.4, -0.2) is 16.2 Å². The second-order valence-corrected chi connectivity index (χ2v) is 3.81. The Bertz CT molecular complexity index is 566. The van der Waals surface area contributed by atoms with Gasteiger partial charge in [-0.3, -0.25) is 9.36 Å². The molecule has 0 amide bonds. The highest BCUT2D eigenvalue weighted by molar-refractivity contribution is 5.28. The van der Waals surface area contributed by atoms with Crippen molar-refractivity contribution in [3.8, 4) is 5.75 Å². The van der Waals surface area contributed by atoms with Crippen molar-refractivity contribution in [2.45, 2.75) is 13.1 Å². The molecule has 2 N–H and O–H groups in total. The third-order valence-electron chi connectivity index (χ3n) is 2.53. The molecule has 0 atom stereocenters. The zero-order valence-electron chi connectivity index (χ0n) is 9.95. The van der Waals surface area contributed by atoms with Crippen LogP contribution in [0.15, 0.2) is 47.7 Å². The number of ether oxygens (including phenoxy) is 1. The molecule has 0 spiro atoms. The van der Waals surface area contributed by atoms with E-state index in [1.54, 1.807) is 0 Å². The van der Waals surface area contributed by atoms with E-state index < -0.39 is 0 Å². The van der Waals surface area contributed by atoms with Crippen LogP contribution in [0.2, 0.25) is 0 Å². The van der Waals surface area contributed by atoms with E-state index in [4.69, 9.17) is 10.5 Å². The fraction of sp³-hybridized carbons (Fsp3) is 0.231. The lowest BCUT2D eigenvalue weighted by Crippen LogP contribution is -2.22. The van der Waals surface area contributed by atoms with Gasteiger partial charge in [0, 0.05) is 18.8 Å².